The fourth-order valence-electron chi connectivity index (χ4n) is 2.42. The molecule has 4 heteroatoms. The van der Waals surface area contributed by atoms with Crippen LogP contribution in [0.1, 0.15) is 49.8 Å². The number of nitrogens with two attached hydrogens (primary N) is 1. The molecule has 2 unspecified atom stereocenters. The zero-order valence-electron chi connectivity index (χ0n) is 12.5. The Labute approximate surface area is 119 Å². The number of hydrogen-bond donors (Lipinski definition) is 2. The lowest BCUT2D eigenvalue weighted by Crippen LogP contribution is -2.25. The lowest BCUT2D eigenvalue weighted by Gasteiger charge is -2.19. The van der Waals surface area contributed by atoms with Crippen LogP contribution in [0.4, 0.5) is 0 Å². The molecule has 20 heavy (non-hydrogen) atoms. The Kier molecular flexibility index (Phi) is 3.59. The van der Waals surface area contributed by atoms with Crippen LogP contribution >= 0.6 is 0 Å². The molecule has 0 aromatic heterocycles. The predicted molar refractivity (Wildman–Crippen MR) is 78.9 cm³/mol. The van der Waals surface area contributed by atoms with Gasteiger partial charge in [0.1, 0.15) is 11.4 Å². The molecule has 108 valence electrons. The van der Waals surface area contributed by atoms with E-state index in [1.807, 2.05) is 45.9 Å². The summed E-state index contributed by atoms with van der Waals surface area (Å²) < 4.78 is 5.41. The number of carbonyl (C=O) groups is 1. The molecule has 0 spiro atoms. The van der Waals surface area contributed by atoms with E-state index in [1.165, 1.54) is 0 Å². The zero-order chi connectivity index (χ0) is 15.1. The standard InChI is InChI=1S/C16H22N2O2/c1-9-7-10(5-6-11(9)14(17)18)12-8-13(12)15(19)20-16(2,3)4/h5-7,12-13H,8H2,1-4H3,(H3,17,18). The number of ether oxygens (including phenoxy) is 1. The van der Waals surface area contributed by atoms with Gasteiger partial charge in [0.15, 0.2) is 0 Å². The Balaban J connectivity index is 2.07. The maximum absolute atomic E-state index is 12.0. The van der Waals surface area contributed by atoms with Gasteiger partial charge in [-0.2, -0.15) is 0 Å². The Morgan fingerprint density at radius 2 is 2.05 bits per heavy atom. The first-order valence-electron chi connectivity index (χ1n) is 6.87. The molecule has 0 heterocycles. The Hall–Kier alpha value is -1.84. The second-order valence-corrected chi connectivity index (χ2v) is 6.47. The van der Waals surface area contributed by atoms with Crippen LogP contribution in [0, 0.1) is 18.3 Å². The van der Waals surface area contributed by atoms with E-state index in [4.69, 9.17) is 15.9 Å². The first-order chi connectivity index (χ1) is 9.19. The van der Waals surface area contributed by atoms with Crippen LogP contribution < -0.4 is 5.73 Å². The third-order valence-electron chi connectivity index (χ3n) is 3.47. The highest BCUT2D eigenvalue weighted by Gasteiger charge is 2.46. The number of hydrogen-bond acceptors (Lipinski definition) is 3. The van der Waals surface area contributed by atoms with Gasteiger partial charge in [0, 0.05) is 5.56 Å². The van der Waals surface area contributed by atoms with E-state index in [0.29, 0.717) is 0 Å². The smallest absolute Gasteiger partial charge is 0.310 e. The van der Waals surface area contributed by atoms with Crippen molar-refractivity contribution in [3.8, 4) is 0 Å². The molecule has 3 N–H and O–H groups in total. The molecule has 1 fully saturated rings. The quantitative estimate of drug-likeness (QED) is 0.505. The summed E-state index contributed by atoms with van der Waals surface area (Å²) in [5.74, 6) is 0.172. The van der Waals surface area contributed by atoms with Crippen molar-refractivity contribution in [2.75, 3.05) is 0 Å². The minimum atomic E-state index is -0.432. The Bertz CT molecular complexity index is 558. The molecule has 1 saturated carbocycles. The maximum atomic E-state index is 12.0. The summed E-state index contributed by atoms with van der Waals surface area (Å²) in [4.78, 5) is 12.0. The van der Waals surface area contributed by atoms with Crippen LogP contribution in [0.2, 0.25) is 0 Å². The second-order valence-electron chi connectivity index (χ2n) is 6.47. The van der Waals surface area contributed by atoms with Crippen LogP contribution in [0.25, 0.3) is 0 Å². The minimum Gasteiger partial charge on any atom is -0.460 e. The Morgan fingerprint density at radius 3 is 2.55 bits per heavy atom. The van der Waals surface area contributed by atoms with Crippen molar-refractivity contribution in [2.45, 2.75) is 45.6 Å². The highest BCUT2D eigenvalue weighted by molar-refractivity contribution is 5.96. The molecule has 1 aromatic rings. The molecule has 4 nitrogen and oxygen atoms in total. The highest BCUT2D eigenvalue weighted by Crippen LogP contribution is 2.48. The average Bonchev–Trinajstić information content (AvgIpc) is 3.05. The number of amidine groups is 1. The topological polar surface area (TPSA) is 76.2 Å². The first-order valence-corrected chi connectivity index (χ1v) is 6.87. The van der Waals surface area contributed by atoms with Gasteiger partial charge in [0.2, 0.25) is 0 Å². The number of nitrogen functional groups attached to an aromatic ring is 1. The zero-order valence-corrected chi connectivity index (χ0v) is 12.5. The van der Waals surface area contributed by atoms with Crippen molar-refractivity contribution >= 4 is 11.8 Å². The third-order valence-corrected chi connectivity index (χ3v) is 3.47. The molecule has 1 aliphatic rings. The van der Waals surface area contributed by atoms with E-state index in [9.17, 15) is 4.79 Å². The van der Waals surface area contributed by atoms with Crippen molar-refractivity contribution in [1.82, 2.24) is 0 Å². The molecule has 0 bridgehead atoms. The summed E-state index contributed by atoms with van der Waals surface area (Å²) in [6.45, 7) is 7.58. The molecule has 0 saturated heterocycles. The molecule has 0 aliphatic heterocycles. The normalized spacial score (nSPS) is 21.4. The molecule has 2 atom stereocenters. The van der Waals surface area contributed by atoms with E-state index in [2.05, 4.69) is 0 Å². The number of nitrogens with one attached hydrogen (secondary N) is 1. The number of benzene rings is 1. The summed E-state index contributed by atoms with van der Waals surface area (Å²) >= 11 is 0. The van der Waals surface area contributed by atoms with Crippen LogP contribution in [-0.4, -0.2) is 17.4 Å². The monoisotopic (exact) mass is 274 g/mol. The van der Waals surface area contributed by atoms with E-state index in [0.717, 1.165) is 23.1 Å². The SMILES string of the molecule is Cc1cc(C2CC2C(=O)OC(C)(C)C)ccc1C(=N)N. The molecule has 2 rings (SSSR count). The van der Waals surface area contributed by atoms with Gasteiger partial charge < -0.3 is 10.5 Å². The third kappa shape index (κ3) is 3.18. The maximum Gasteiger partial charge on any atom is 0.310 e. The number of carbonyl (C=O) groups excluding carboxylic acids is 1. The van der Waals surface area contributed by atoms with Crippen LogP contribution in [0.5, 0.6) is 0 Å². The van der Waals surface area contributed by atoms with Crippen molar-refractivity contribution in [1.29, 1.82) is 5.41 Å². The number of aryl methyl sites for hydroxylation is 1. The lowest BCUT2D eigenvalue weighted by molar-refractivity contribution is -0.156. The van der Waals surface area contributed by atoms with Gasteiger partial charge in [-0.15, -0.1) is 0 Å². The molecule has 1 aromatic carbocycles. The van der Waals surface area contributed by atoms with Crippen LogP contribution in [-0.2, 0) is 9.53 Å². The van der Waals surface area contributed by atoms with Crippen molar-refractivity contribution in [2.24, 2.45) is 11.7 Å². The van der Waals surface area contributed by atoms with Crippen molar-refractivity contribution in [3.63, 3.8) is 0 Å². The van der Waals surface area contributed by atoms with E-state index in [-0.39, 0.29) is 23.6 Å². The number of rotatable bonds is 3. The molecule has 1 aliphatic carbocycles. The van der Waals surface area contributed by atoms with Gasteiger partial charge in [-0.1, -0.05) is 18.2 Å². The highest BCUT2D eigenvalue weighted by atomic mass is 16.6. The molecule has 0 amide bonds. The summed E-state index contributed by atoms with van der Waals surface area (Å²) in [6.07, 6.45) is 0.841. The predicted octanol–water partition coefficient (Wildman–Crippen LogP) is 2.72. The van der Waals surface area contributed by atoms with Gasteiger partial charge in [-0.25, -0.2) is 0 Å². The van der Waals surface area contributed by atoms with E-state index in [1.54, 1.807) is 0 Å². The fraction of sp³-hybridized carbons (Fsp3) is 0.500. The number of esters is 1. The van der Waals surface area contributed by atoms with Crippen LogP contribution in [0.3, 0.4) is 0 Å². The van der Waals surface area contributed by atoms with Gasteiger partial charge in [0.25, 0.3) is 0 Å². The van der Waals surface area contributed by atoms with E-state index < -0.39 is 5.60 Å². The largest absolute Gasteiger partial charge is 0.460 e. The first kappa shape index (κ1) is 14.6. The summed E-state index contributed by atoms with van der Waals surface area (Å²) in [6, 6.07) is 5.84. The summed E-state index contributed by atoms with van der Waals surface area (Å²) in [5, 5.41) is 7.48. The molecular formula is C16H22N2O2. The molecular weight excluding hydrogens is 252 g/mol. The lowest BCUT2D eigenvalue weighted by atomic mass is 10.0. The second kappa shape index (κ2) is 4.93. The Morgan fingerprint density at radius 1 is 1.40 bits per heavy atom. The van der Waals surface area contributed by atoms with Crippen molar-refractivity contribution < 1.29 is 9.53 Å². The van der Waals surface area contributed by atoms with Crippen LogP contribution in [0.15, 0.2) is 18.2 Å². The van der Waals surface area contributed by atoms with Gasteiger partial charge in [-0.3, -0.25) is 10.2 Å². The summed E-state index contributed by atoms with van der Waals surface area (Å²) in [5.41, 5.74) is 7.94. The molecule has 0 radical (unpaired) electrons. The van der Waals surface area contributed by atoms with Gasteiger partial charge in [-0.05, 0) is 51.2 Å². The fourth-order valence-corrected chi connectivity index (χ4v) is 2.42. The van der Waals surface area contributed by atoms with E-state index >= 15 is 0 Å². The average molecular weight is 274 g/mol. The van der Waals surface area contributed by atoms with Gasteiger partial charge in [0.05, 0.1) is 5.92 Å². The summed E-state index contributed by atoms with van der Waals surface area (Å²) in [7, 11) is 0. The van der Waals surface area contributed by atoms with Gasteiger partial charge >= 0.3 is 5.97 Å². The minimum absolute atomic E-state index is 0.0307. The van der Waals surface area contributed by atoms with Crippen molar-refractivity contribution in [3.05, 3.63) is 34.9 Å².